The zero-order valence-corrected chi connectivity index (χ0v) is 13.6. The van der Waals surface area contributed by atoms with Crippen LogP contribution in [0.15, 0.2) is 24.9 Å². The van der Waals surface area contributed by atoms with Gasteiger partial charge in [0, 0.05) is 42.0 Å². The molecule has 0 aromatic carbocycles. The third kappa shape index (κ3) is 4.42. The number of aromatic nitrogens is 3. The van der Waals surface area contributed by atoms with E-state index in [1.165, 1.54) is 9.88 Å². The molecule has 2 heterocycles. The lowest BCUT2D eigenvalue weighted by Crippen LogP contribution is -2.23. The first-order chi connectivity index (χ1) is 9.45. The molecule has 0 aliphatic heterocycles. The standard InChI is InChI=1S/C15H24N4S/c1-12(10-19-6-5-16-11-19)7-17-8-13-9-18-14(20-13)15(2,3)4/h5-6,9,11-12,17H,7-8,10H2,1-4H3. The van der Waals surface area contributed by atoms with E-state index in [0.29, 0.717) is 5.92 Å². The summed E-state index contributed by atoms with van der Waals surface area (Å²) in [7, 11) is 0. The molecule has 0 bridgehead atoms. The number of hydrogen-bond donors (Lipinski definition) is 1. The first kappa shape index (κ1) is 15.2. The van der Waals surface area contributed by atoms with Crippen LogP contribution in [-0.4, -0.2) is 21.1 Å². The molecule has 0 radical (unpaired) electrons. The summed E-state index contributed by atoms with van der Waals surface area (Å²) in [6.45, 7) is 11.8. The topological polar surface area (TPSA) is 42.7 Å². The van der Waals surface area contributed by atoms with Crippen LogP contribution in [0.3, 0.4) is 0 Å². The van der Waals surface area contributed by atoms with Crippen LogP contribution < -0.4 is 5.32 Å². The highest BCUT2D eigenvalue weighted by atomic mass is 32.1. The Balaban J connectivity index is 1.74. The Labute approximate surface area is 125 Å². The second-order valence-electron chi connectivity index (χ2n) is 6.38. The number of imidazole rings is 1. The molecule has 4 nitrogen and oxygen atoms in total. The highest BCUT2D eigenvalue weighted by Gasteiger charge is 2.17. The fraction of sp³-hybridized carbons (Fsp3) is 0.600. The molecule has 2 aromatic heterocycles. The third-order valence-corrected chi connectivity index (χ3v) is 4.49. The molecular formula is C15H24N4S. The van der Waals surface area contributed by atoms with Gasteiger partial charge < -0.3 is 9.88 Å². The number of rotatable bonds is 6. The summed E-state index contributed by atoms with van der Waals surface area (Å²) in [5, 5.41) is 4.72. The maximum atomic E-state index is 4.51. The van der Waals surface area contributed by atoms with Gasteiger partial charge in [-0.2, -0.15) is 0 Å². The van der Waals surface area contributed by atoms with Crippen molar-refractivity contribution in [3.05, 3.63) is 34.8 Å². The van der Waals surface area contributed by atoms with Crippen molar-refractivity contribution < 1.29 is 0 Å². The zero-order valence-electron chi connectivity index (χ0n) is 12.8. The van der Waals surface area contributed by atoms with Crippen molar-refractivity contribution in [2.45, 2.75) is 46.2 Å². The first-order valence-corrected chi connectivity index (χ1v) is 7.88. The quantitative estimate of drug-likeness (QED) is 0.890. The van der Waals surface area contributed by atoms with Gasteiger partial charge in [0.2, 0.25) is 0 Å². The van der Waals surface area contributed by atoms with E-state index in [2.05, 4.69) is 47.5 Å². The Bertz CT molecular complexity index is 510. The molecule has 0 saturated carbocycles. The fourth-order valence-electron chi connectivity index (χ4n) is 2.00. The maximum Gasteiger partial charge on any atom is 0.0981 e. The van der Waals surface area contributed by atoms with E-state index in [1.807, 2.05) is 36.3 Å². The molecule has 5 heteroatoms. The first-order valence-electron chi connectivity index (χ1n) is 7.07. The van der Waals surface area contributed by atoms with E-state index in [-0.39, 0.29) is 5.41 Å². The van der Waals surface area contributed by atoms with Gasteiger partial charge in [0.05, 0.1) is 11.3 Å². The summed E-state index contributed by atoms with van der Waals surface area (Å²) >= 11 is 1.81. The number of nitrogens with zero attached hydrogens (tertiary/aromatic N) is 3. The molecule has 0 fully saturated rings. The van der Waals surface area contributed by atoms with E-state index in [1.54, 1.807) is 0 Å². The molecular weight excluding hydrogens is 268 g/mol. The fourth-order valence-corrected chi connectivity index (χ4v) is 2.94. The lowest BCUT2D eigenvalue weighted by Gasteiger charge is -2.14. The van der Waals surface area contributed by atoms with Gasteiger partial charge in [-0.1, -0.05) is 27.7 Å². The monoisotopic (exact) mass is 292 g/mol. The van der Waals surface area contributed by atoms with Gasteiger partial charge in [0.1, 0.15) is 0 Å². The van der Waals surface area contributed by atoms with Crippen molar-refractivity contribution >= 4 is 11.3 Å². The summed E-state index contributed by atoms with van der Waals surface area (Å²) < 4.78 is 2.12. The molecule has 1 N–H and O–H groups in total. The molecule has 0 aliphatic rings. The van der Waals surface area contributed by atoms with Crippen LogP contribution in [0.4, 0.5) is 0 Å². The van der Waals surface area contributed by atoms with Crippen molar-refractivity contribution in [2.75, 3.05) is 6.54 Å². The molecule has 2 rings (SSSR count). The second kappa shape index (κ2) is 6.50. The van der Waals surface area contributed by atoms with Gasteiger partial charge >= 0.3 is 0 Å². The van der Waals surface area contributed by atoms with E-state index in [0.717, 1.165) is 19.6 Å². The van der Waals surface area contributed by atoms with Gasteiger partial charge in [0.15, 0.2) is 0 Å². The molecule has 0 saturated heterocycles. The maximum absolute atomic E-state index is 4.51. The zero-order chi connectivity index (χ0) is 14.6. The van der Waals surface area contributed by atoms with Crippen LogP contribution in [0.2, 0.25) is 0 Å². The van der Waals surface area contributed by atoms with Gasteiger partial charge in [-0.15, -0.1) is 11.3 Å². The van der Waals surface area contributed by atoms with E-state index in [9.17, 15) is 0 Å². The van der Waals surface area contributed by atoms with Crippen LogP contribution in [0.1, 0.15) is 37.6 Å². The molecule has 20 heavy (non-hydrogen) atoms. The average molecular weight is 292 g/mol. The van der Waals surface area contributed by atoms with Gasteiger partial charge in [-0.3, -0.25) is 0 Å². The molecule has 0 spiro atoms. The predicted octanol–water partition coefficient (Wildman–Crippen LogP) is 3.06. The molecule has 2 aromatic rings. The largest absolute Gasteiger partial charge is 0.337 e. The predicted molar refractivity (Wildman–Crippen MR) is 83.9 cm³/mol. The van der Waals surface area contributed by atoms with Gasteiger partial charge in [0.25, 0.3) is 0 Å². The lowest BCUT2D eigenvalue weighted by atomic mass is 9.98. The van der Waals surface area contributed by atoms with Crippen molar-refractivity contribution in [3.63, 3.8) is 0 Å². The normalized spacial score (nSPS) is 13.6. The van der Waals surface area contributed by atoms with Crippen LogP contribution >= 0.6 is 11.3 Å². The Morgan fingerprint density at radius 3 is 2.80 bits per heavy atom. The van der Waals surface area contributed by atoms with Gasteiger partial charge in [-0.25, -0.2) is 9.97 Å². The second-order valence-corrected chi connectivity index (χ2v) is 7.49. The Morgan fingerprint density at radius 1 is 1.40 bits per heavy atom. The minimum Gasteiger partial charge on any atom is -0.337 e. The van der Waals surface area contributed by atoms with Crippen LogP contribution in [0.25, 0.3) is 0 Å². The minimum atomic E-state index is 0.150. The summed E-state index contributed by atoms with van der Waals surface area (Å²) in [6, 6.07) is 0. The van der Waals surface area contributed by atoms with Crippen molar-refractivity contribution in [2.24, 2.45) is 5.92 Å². The number of thiazole rings is 1. The Hall–Kier alpha value is -1.20. The van der Waals surface area contributed by atoms with Gasteiger partial charge in [-0.05, 0) is 12.5 Å². The van der Waals surface area contributed by atoms with Crippen LogP contribution in [0, 0.1) is 5.92 Å². The van der Waals surface area contributed by atoms with Crippen molar-refractivity contribution in [1.29, 1.82) is 0 Å². The van der Waals surface area contributed by atoms with Crippen molar-refractivity contribution in [3.8, 4) is 0 Å². The summed E-state index contributed by atoms with van der Waals surface area (Å²) in [6.07, 6.45) is 7.70. The SMILES string of the molecule is CC(CNCc1cnc(C(C)(C)C)s1)Cn1ccnc1. The summed E-state index contributed by atoms with van der Waals surface area (Å²) in [4.78, 5) is 9.89. The lowest BCUT2D eigenvalue weighted by molar-refractivity contribution is 0.446. The summed E-state index contributed by atoms with van der Waals surface area (Å²) in [5.74, 6) is 0.583. The number of nitrogens with one attached hydrogen (secondary N) is 1. The van der Waals surface area contributed by atoms with Crippen LogP contribution in [-0.2, 0) is 18.5 Å². The third-order valence-electron chi connectivity index (χ3n) is 3.07. The smallest absolute Gasteiger partial charge is 0.0981 e. The highest BCUT2D eigenvalue weighted by molar-refractivity contribution is 7.11. The average Bonchev–Trinajstić information content (AvgIpc) is 2.98. The highest BCUT2D eigenvalue weighted by Crippen LogP contribution is 2.26. The molecule has 0 amide bonds. The summed E-state index contributed by atoms with van der Waals surface area (Å²) in [5.41, 5.74) is 0.150. The van der Waals surface area contributed by atoms with Crippen molar-refractivity contribution in [1.82, 2.24) is 19.9 Å². The van der Waals surface area contributed by atoms with E-state index >= 15 is 0 Å². The number of hydrogen-bond acceptors (Lipinski definition) is 4. The minimum absolute atomic E-state index is 0.150. The molecule has 110 valence electrons. The molecule has 1 atom stereocenters. The Morgan fingerprint density at radius 2 is 2.20 bits per heavy atom. The van der Waals surface area contributed by atoms with E-state index in [4.69, 9.17) is 0 Å². The molecule has 0 aliphatic carbocycles. The molecule has 1 unspecified atom stereocenters. The Kier molecular flexibility index (Phi) is 4.94. The van der Waals surface area contributed by atoms with E-state index < -0.39 is 0 Å². The van der Waals surface area contributed by atoms with Crippen LogP contribution in [0.5, 0.6) is 0 Å².